The van der Waals surface area contributed by atoms with E-state index in [4.69, 9.17) is 33.5 Å². The first-order chi connectivity index (χ1) is 23.9. The van der Waals surface area contributed by atoms with Gasteiger partial charge in [-0.15, -0.1) is 0 Å². The van der Waals surface area contributed by atoms with E-state index in [2.05, 4.69) is 0 Å². The third-order valence-electron chi connectivity index (χ3n) is 8.76. The van der Waals surface area contributed by atoms with Gasteiger partial charge in [-0.1, -0.05) is 49.0 Å². The van der Waals surface area contributed by atoms with Crippen LogP contribution in [-0.4, -0.2) is 63.2 Å². The number of Topliss-reactive ketones (excluding diaryl/α,β-unsaturated/α-hetero) is 1. The Labute approximate surface area is 286 Å². The second-order valence-electron chi connectivity index (χ2n) is 12.0. The monoisotopic (exact) mass is 690 g/mol. The van der Waals surface area contributed by atoms with Crippen molar-refractivity contribution in [2.45, 2.75) is 82.1 Å². The summed E-state index contributed by atoms with van der Waals surface area (Å²) in [7, 11) is 0. The van der Waals surface area contributed by atoms with Crippen LogP contribution in [0, 0.1) is 17.9 Å². The molecule has 14 heteroatoms. The number of aliphatic hydroxyl groups excluding tert-OH is 2. The minimum Gasteiger partial charge on any atom is -0.480 e. The topological polar surface area (TPSA) is 198 Å². The van der Waals surface area contributed by atoms with Crippen LogP contribution >= 0.6 is 0 Å². The van der Waals surface area contributed by atoms with Gasteiger partial charge in [0.25, 0.3) is 23.3 Å². The molecule has 50 heavy (non-hydrogen) atoms. The van der Waals surface area contributed by atoms with Crippen molar-refractivity contribution in [2.75, 3.05) is 0 Å². The largest absolute Gasteiger partial charge is 0.480 e. The molecule has 0 radical (unpaired) electrons. The highest BCUT2D eigenvalue weighted by Crippen LogP contribution is 2.46. The molecule has 1 atom stereocenters. The summed E-state index contributed by atoms with van der Waals surface area (Å²) in [5.41, 5.74) is -0.972. The lowest BCUT2D eigenvalue weighted by Crippen LogP contribution is -2.54. The zero-order chi connectivity index (χ0) is 35.9. The van der Waals surface area contributed by atoms with Gasteiger partial charge in [-0.3, -0.25) is 4.79 Å². The van der Waals surface area contributed by atoms with Gasteiger partial charge in [-0.25, -0.2) is 24.0 Å². The summed E-state index contributed by atoms with van der Waals surface area (Å²) >= 11 is 0. The van der Waals surface area contributed by atoms with Crippen molar-refractivity contribution in [3.63, 3.8) is 0 Å². The van der Waals surface area contributed by atoms with E-state index in [-0.39, 0.29) is 49.7 Å². The van der Waals surface area contributed by atoms with Crippen LogP contribution in [0.3, 0.4) is 0 Å². The van der Waals surface area contributed by atoms with Gasteiger partial charge in [-0.2, -0.15) is 0 Å². The van der Waals surface area contributed by atoms with Crippen molar-refractivity contribution in [3.05, 3.63) is 83.4 Å². The van der Waals surface area contributed by atoms with E-state index in [1.165, 1.54) is 36.5 Å². The minimum atomic E-state index is -1.60. The molecule has 5 rings (SSSR count). The van der Waals surface area contributed by atoms with Crippen molar-refractivity contribution in [2.24, 2.45) is 5.92 Å². The second-order valence-corrected chi connectivity index (χ2v) is 12.0. The van der Waals surface area contributed by atoms with Gasteiger partial charge < -0.3 is 38.6 Å². The van der Waals surface area contributed by atoms with Gasteiger partial charge in [-0.05, 0) is 38.0 Å². The fourth-order valence-electron chi connectivity index (χ4n) is 6.22. The highest BCUT2D eigenvalue weighted by atomic mass is 16.8. The van der Waals surface area contributed by atoms with E-state index in [9.17, 15) is 33.9 Å². The predicted molar refractivity (Wildman–Crippen MR) is 168 cm³/mol. The molecule has 14 nitrogen and oxygen atoms in total. The van der Waals surface area contributed by atoms with Crippen molar-refractivity contribution in [1.82, 2.24) is 0 Å². The molecule has 2 saturated carbocycles. The molecule has 2 aliphatic carbocycles. The SMILES string of the molecule is C/C=C/C=C/C=C1C(=O)OC2(CCC3(CC2)OC(=O)C(/C=C/C=C/C=C2C(=O)OC4(CCCCC4CC(=O)C#CO)OC2=O)=C(O)O3)OC1=O. The zero-order valence-electron chi connectivity index (χ0n) is 27.0. The number of ether oxygens (including phenoxy) is 6. The molecule has 0 bridgehead atoms. The number of esters is 5. The lowest BCUT2D eigenvalue weighted by Gasteiger charge is -2.46. The number of hydrogen-bond donors (Lipinski definition) is 2. The number of carbonyl (C=O) groups excluding carboxylic acids is 6. The molecule has 1 unspecified atom stereocenters. The fourth-order valence-corrected chi connectivity index (χ4v) is 6.22. The van der Waals surface area contributed by atoms with Gasteiger partial charge in [0.05, 0.1) is 0 Å². The summed E-state index contributed by atoms with van der Waals surface area (Å²) in [5.74, 6) is -9.09. The van der Waals surface area contributed by atoms with Crippen LogP contribution in [-0.2, 0) is 57.2 Å². The number of aliphatic hydroxyl groups is 2. The quantitative estimate of drug-likeness (QED) is 0.0977. The van der Waals surface area contributed by atoms with Crippen molar-refractivity contribution < 1.29 is 67.4 Å². The number of allylic oxidation sites excluding steroid dienone is 9. The number of ketones is 1. The normalized spacial score (nSPS) is 29.9. The molecule has 2 N–H and O–H groups in total. The minimum absolute atomic E-state index is 0.0571. The third kappa shape index (κ3) is 7.57. The van der Waals surface area contributed by atoms with Gasteiger partial charge >= 0.3 is 29.8 Å². The van der Waals surface area contributed by atoms with E-state index >= 15 is 0 Å². The van der Waals surface area contributed by atoms with E-state index in [1.807, 2.05) is 12.8 Å². The first-order valence-corrected chi connectivity index (χ1v) is 16.0. The zero-order valence-corrected chi connectivity index (χ0v) is 27.0. The predicted octanol–water partition coefficient (Wildman–Crippen LogP) is 3.77. The van der Waals surface area contributed by atoms with E-state index in [0.29, 0.717) is 12.8 Å². The van der Waals surface area contributed by atoms with E-state index in [0.717, 1.165) is 12.5 Å². The molecule has 2 saturated heterocycles. The van der Waals surface area contributed by atoms with Crippen LogP contribution in [0.15, 0.2) is 83.4 Å². The molecule has 4 fully saturated rings. The molecule has 3 aliphatic heterocycles. The molecule has 3 spiro atoms. The Morgan fingerprint density at radius 3 is 1.82 bits per heavy atom. The Balaban J connectivity index is 1.18. The summed E-state index contributed by atoms with van der Waals surface area (Å²) in [5, 5.41) is 19.3. The van der Waals surface area contributed by atoms with Crippen LogP contribution in [0.4, 0.5) is 0 Å². The molecule has 0 amide bonds. The number of carbonyl (C=O) groups is 6. The van der Waals surface area contributed by atoms with Crippen molar-refractivity contribution in [3.8, 4) is 12.0 Å². The Kier molecular flexibility index (Phi) is 10.5. The molecule has 0 aromatic heterocycles. The highest BCUT2D eigenvalue weighted by Gasteiger charge is 2.56. The molecule has 0 aromatic carbocycles. The first-order valence-electron chi connectivity index (χ1n) is 16.0. The van der Waals surface area contributed by atoms with Crippen molar-refractivity contribution >= 4 is 35.6 Å². The summed E-state index contributed by atoms with van der Waals surface area (Å²) in [6.07, 6.45) is 17.4. The standard InChI is InChI=1S/C36H34O14/c1-2-3-4-6-12-25-28(39)45-34(46-29(25)40)17-19-35(20-18-34)47-30(41)26(31(42)48-35)13-7-5-8-14-27-32(43)49-36(50-33(27)44)16-10-9-11-23(36)22-24(38)15-21-37/h2-8,12-14,23,37,41H,9-11,16-20,22H2,1H3/b3-2+,6-4+,8-5+,13-7+,25-12?,27-14?. The maximum atomic E-state index is 12.9. The van der Waals surface area contributed by atoms with E-state index < -0.39 is 70.4 Å². The molecule has 3 heterocycles. The lowest BCUT2D eigenvalue weighted by molar-refractivity contribution is -0.297. The van der Waals surface area contributed by atoms with Crippen molar-refractivity contribution in [1.29, 1.82) is 0 Å². The van der Waals surface area contributed by atoms with Crippen LogP contribution < -0.4 is 0 Å². The van der Waals surface area contributed by atoms with Gasteiger partial charge in [0.2, 0.25) is 5.78 Å². The van der Waals surface area contributed by atoms with Crippen LogP contribution in [0.5, 0.6) is 0 Å². The molecular weight excluding hydrogens is 656 g/mol. The van der Waals surface area contributed by atoms with Crippen LogP contribution in [0.25, 0.3) is 0 Å². The molecular formula is C36H34O14. The second kappa shape index (κ2) is 14.7. The van der Waals surface area contributed by atoms with Crippen LogP contribution in [0.2, 0.25) is 0 Å². The molecule has 0 aromatic rings. The molecule has 262 valence electrons. The summed E-state index contributed by atoms with van der Waals surface area (Å²) < 4.78 is 33.2. The Morgan fingerprint density at radius 1 is 0.720 bits per heavy atom. The number of rotatable bonds is 7. The molecule has 5 aliphatic rings. The summed E-state index contributed by atoms with van der Waals surface area (Å²) in [4.78, 5) is 75.6. The third-order valence-corrected chi connectivity index (χ3v) is 8.76. The number of hydrogen-bond acceptors (Lipinski definition) is 14. The summed E-state index contributed by atoms with van der Waals surface area (Å²) in [6.45, 7) is 1.81. The average Bonchev–Trinajstić information content (AvgIpc) is 3.05. The van der Waals surface area contributed by atoms with Gasteiger partial charge in [0.15, 0.2) is 0 Å². The lowest BCUT2D eigenvalue weighted by atomic mass is 9.79. The Morgan fingerprint density at radius 2 is 1.26 bits per heavy atom. The average molecular weight is 691 g/mol. The maximum absolute atomic E-state index is 12.9. The smallest absolute Gasteiger partial charge is 0.348 e. The maximum Gasteiger partial charge on any atom is 0.348 e. The van der Waals surface area contributed by atoms with E-state index in [1.54, 1.807) is 24.3 Å². The Hall–Kier alpha value is -5.84. The van der Waals surface area contributed by atoms with Crippen LogP contribution in [0.1, 0.15) is 64.7 Å². The van der Waals surface area contributed by atoms with Gasteiger partial charge in [0.1, 0.15) is 22.8 Å². The summed E-state index contributed by atoms with van der Waals surface area (Å²) in [6, 6.07) is 0. The Bertz CT molecular complexity index is 1700. The first kappa shape index (κ1) is 35.5. The highest BCUT2D eigenvalue weighted by molar-refractivity contribution is 6.16. The van der Waals surface area contributed by atoms with Gasteiger partial charge in [0, 0.05) is 50.4 Å². The fraction of sp³-hybridized carbons (Fsp3) is 0.389.